The second-order valence-corrected chi connectivity index (χ2v) is 3.72. The number of hydrogen-bond acceptors (Lipinski definition) is 4. The maximum atomic E-state index is 11.7. The van der Waals surface area contributed by atoms with E-state index in [1.54, 1.807) is 24.4 Å². The third kappa shape index (κ3) is 2.61. The number of fused-ring (bicyclic) bond motifs is 1. The zero-order chi connectivity index (χ0) is 12.3. The summed E-state index contributed by atoms with van der Waals surface area (Å²) < 4.78 is 0. The van der Waals surface area contributed by atoms with Crippen LogP contribution in [0.15, 0.2) is 24.4 Å². The first kappa shape index (κ1) is 11.6. The van der Waals surface area contributed by atoms with Crippen LogP contribution in [-0.2, 0) is 0 Å². The molecule has 0 saturated carbocycles. The van der Waals surface area contributed by atoms with E-state index in [2.05, 4.69) is 15.5 Å². The van der Waals surface area contributed by atoms with Crippen LogP contribution in [0.3, 0.4) is 0 Å². The third-order valence-electron chi connectivity index (χ3n) is 2.41. The van der Waals surface area contributed by atoms with Crippen LogP contribution in [0.4, 0.5) is 0 Å². The average molecular weight is 235 g/mol. The predicted octanol–water partition coefficient (Wildman–Crippen LogP) is -0.354. The minimum Gasteiger partial charge on any atom is -0.394 e. The highest BCUT2D eigenvalue weighted by Gasteiger charge is 2.09. The van der Waals surface area contributed by atoms with Gasteiger partial charge in [-0.15, -0.1) is 0 Å². The number of H-pyrrole nitrogens is 1. The fourth-order valence-corrected chi connectivity index (χ4v) is 1.46. The van der Waals surface area contributed by atoms with Gasteiger partial charge in [-0.05, 0) is 12.1 Å². The lowest BCUT2D eigenvalue weighted by Gasteiger charge is -2.08. The lowest BCUT2D eigenvalue weighted by atomic mass is 10.1. The number of hydrogen-bond donors (Lipinski definition) is 4. The fraction of sp³-hybridized carbons (Fsp3) is 0.273. The highest BCUT2D eigenvalue weighted by atomic mass is 16.3. The van der Waals surface area contributed by atoms with Gasteiger partial charge in [-0.1, -0.05) is 6.07 Å². The molecule has 1 aromatic carbocycles. The minimum absolute atomic E-state index is 0.0242. The number of aliphatic hydroxyl groups is 2. The van der Waals surface area contributed by atoms with Gasteiger partial charge in [-0.3, -0.25) is 9.89 Å². The minimum atomic E-state index is -0.935. The summed E-state index contributed by atoms with van der Waals surface area (Å²) in [6.45, 7) is -0.351. The molecule has 0 fully saturated rings. The molecule has 0 aliphatic carbocycles. The second-order valence-electron chi connectivity index (χ2n) is 3.72. The molecule has 4 N–H and O–H groups in total. The molecule has 1 atom stereocenters. The van der Waals surface area contributed by atoms with Crippen molar-refractivity contribution in [3.8, 4) is 0 Å². The van der Waals surface area contributed by atoms with Crippen molar-refractivity contribution in [2.24, 2.45) is 0 Å². The van der Waals surface area contributed by atoms with Crippen LogP contribution in [0.2, 0.25) is 0 Å². The maximum absolute atomic E-state index is 11.7. The fourth-order valence-electron chi connectivity index (χ4n) is 1.46. The Morgan fingerprint density at radius 2 is 2.35 bits per heavy atom. The van der Waals surface area contributed by atoms with Crippen LogP contribution in [-0.4, -0.2) is 45.6 Å². The number of carbonyl (C=O) groups is 1. The monoisotopic (exact) mass is 235 g/mol. The number of aromatic amines is 1. The van der Waals surface area contributed by atoms with Gasteiger partial charge in [0.15, 0.2) is 0 Å². The van der Waals surface area contributed by atoms with E-state index >= 15 is 0 Å². The van der Waals surface area contributed by atoms with Crippen LogP contribution in [0, 0.1) is 0 Å². The summed E-state index contributed by atoms with van der Waals surface area (Å²) in [5.41, 5.74) is 1.26. The molecule has 6 nitrogen and oxygen atoms in total. The number of nitrogens with zero attached hydrogens (tertiary/aromatic N) is 1. The van der Waals surface area contributed by atoms with E-state index < -0.39 is 6.10 Å². The van der Waals surface area contributed by atoms with Crippen molar-refractivity contribution in [1.29, 1.82) is 0 Å². The van der Waals surface area contributed by atoms with Crippen molar-refractivity contribution in [2.45, 2.75) is 6.10 Å². The van der Waals surface area contributed by atoms with Gasteiger partial charge in [0.2, 0.25) is 0 Å². The van der Waals surface area contributed by atoms with Gasteiger partial charge in [-0.25, -0.2) is 0 Å². The molecule has 1 unspecified atom stereocenters. The Morgan fingerprint density at radius 3 is 3.12 bits per heavy atom. The van der Waals surface area contributed by atoms with Crippen LogP contribution in [0.1, 0.15) is 10.4 Å². The first-order valence-electron chi connectivity index (χ1n) is 5.21. The Balaban J connectivity index is 2.08. The van der Waals surface area contributed by atoms with Gasteiger partial charge in [0, 0.05) is 17.5 Å². The molecule has 0 aliphatic rings. The van der Waals surface area contributed by atoms with Crippen molar-refractivity contribution in [3.05, 3.63) is 30.0 Å². The molecule has 1 aromatic heterocycles. The average Bonchev–Trinajstić information content (AvgIpc) is 2.82. The number of benzene rings is 1. The summed E-state index contributed by atoms with van der Waals surface area (Å²) in [7, 11) is 0. The standard InChI is InChI=1S/C11H13N3O3/c15-6-9(16)5-12-11(17)7-1-2-8-4-13-14-10(8)3-7/h1-4,9,15-16H,5-6H2,(H,12,17)(H,13,14). The molecule has 0 radical (unpaired) electrons. The Kier molecular flexibility index (Phi) is 3.36. The van der Waals surface area contributed by atoms with Crippen LogP contribution in [0.25, 0.3) is 10.9 Å². The van der Waals surface area contributed by atoms with E-state index in [1.165, 1.54) is 0 Å². The van der Waals surface area contributed by atoms with Crippen molar-refractivity contribution >= 4 is 16.8 Å². The van der Waals surface area contributed by atoms with Gasteiger partial charge >= 0.3 is 0 Å². The summed E-state index contributed by atoms with van der Waals surface area (Å²) in [6, 6.07) is 5.15. The molecule has 17 heavy (non-hydrogen) atoms. The Bertz CT molecular complexity index is 523. The highest BCUT2D eigenvalue weighted by Crippen LogP contribution is 2.12. The van der Waals surface area contributed by atoms with E-state index in [-0.39, 0.29) is 19.1 Å². The topological polar surface area (TPSA) is 98.2 Å². The van der Waals surface area contributed by atoms with Crippen LogP contribution in [0.5, 0.6) is 0 Å². The molecule has 6 heteroatoms. The number of rotatable bonds is 4. The van der Waals surface area contributed by atoms with E-state index in [0.717, 1.165) is 10.9 Å². The second kappa shape index (κ2) is 4.94. The molecule has 2 rings (SSSR count). The van der Waals surface area contributed by atoms with Gasteiger partial charge in [0.05, 0.1) is 24.4 Å². The van der Waals surface area contributed by atoms with E-state index in [4.69, 9.17) is 10.2 Å². The summed E-state index contributed by atoms with van der Waals surface area (Å²) in [5.74, 6) is -0.297. The van der Waals surface area contributed by atoms with Gasteiger partial charge in [0.25, 0.3) is 5.91 Å². The lowest BCUT2D eigenvalue weighted by Crippen LogP contribution is -2.33. The molecule has 90 valence electrons. The molecule has 0 spiro atoms. The Labute approximate surface area is 97.3 Å². The summed E-state index contributed by atoms with van der Waals surface area (Å²) in [6.07, 6.45) is 0.738. The predicted molar refractivity (Wildman–Crippen MR) is 61.5 cm³/mol. The zero-order valence-corrected chi connectivity index (χ0v) is 9.05. The molecule has 1 heterocycles. The van der Waals surface area contributed by atoms with Crippen LogP contribution >= 0.6 is 0 Å². The van der Waals surface area contributed by atoms with E-state index in [0.29, 0.717) is 5.56 Å². The summed E-state index contributed by atoms with van der Waals surface area (Å²) >= 11 is 0. The normalized spacial score (nSPS) is 12.6. The number of nitrogens with one attached hydrogen (secondary N) is 2. The number of carbonyl (C=O) groups excluding carboxylic acids is 1. The molecular formula is C11H13N3O3. The number of amides is 1. The van der Waals surface area contributed by atoms with E-state index in [9.17, 15) is 4.79 Å². The highest BCUT2D eigenvalue weighted by molar-refractivity contribution is 5.97. The maximum Gasteiger partial charge on any atom is 0.251 e. The van der Waals surface area contributed by atoms with Gasteiger partial charge < -0.3 is 15.5 Å². The molecule has 2 aromatic rings. The SMILES string of the molecule is O=C(NCC(O)CO)c1ccc2cn[nH]c2c1. The third-order valence-corrected chi connectivity index (χ3v) is 2.41. The van der Waals surface area contributed by atoms with Gasteiger partial charge in [0.1, 0.15) is 0 Å². The molecule has 1 amide bonds. The zero-order valence-electron chi connectivity index (χ0n) is 9.05. The molecule has 0 aliphatic heterocycles. The van der Waals surface area contributed by atoms with Gasteiger partial charge in [-0.2, -0.15) is 5.10 Å². The quantitative estimate of drug-likeness (QED) is 0.582. The van der Waals surface area contributed by atoms with Crippen LogP contribution < -0.4 is 5.32 Å². The first-order chi connectivity index (χ1) is 8.20. The van der Waals surface area contributed by atoms with Crippen molar-refractivity contribution < 1.29 is 15.0 Å². The van der Waals surface area contributed by atoms with Crippen molar-refractivity contribution in [1.82, 2.24) is 15.5 Å². The smallest absolute Gasteiger partial charge is 0.251 e. The number of aromatic nitrogens is 2. The summed E-state index contributed by atoms with van der Waals surface area (Å²) in [5, 5.41) is 27.8. The van der Waals surface area contributed by atoms with E-state index in [1.807, 2.05) is 0 Å². The first-order valence-corrected chi connectivity index (χ1v) is 5.21. The molecule has 0 saturated heterocycles. The Hall–Kier alpha value is -1.92. The number of aliphatic hydroxyl groups excluding tert-OH is 2. The summed E-state index contributed by atoms with van der Waals surface area (Å²) in [4.78, 5) is 11.7. The Morgan fingerprint density at radius 1 is 1.53 bits per heavy atom. The lowest BCUT2D eigenvalue weighted by molar-refractivity contribution is 0.0802. The largest absolute Gasteiger partial charge is 0.394 e. The van der Waals surface area contributed by atoms with Crippen molar-refractivity contribution in [2.75, 3.05) is 13.2 Å². The van der Waals surface area contributed by atoms with Crippen molar-refractivity contribution in [3.63, 3.8) is 0 Å². The molecular weight excluding hydrogens is 222 g/mol. The molecule has 0 bridgehead atoms.